The van der Waals surface area contributed by atoms with E-state index in [1.807, 2.05) is 35.7 Å². The summed E-state index contributed by atoms with van der Waals surface area (Å²) in [5.41, 5.74) is 2.42. The number of carbonyl (C=O) groups excluding carboxylic acids is 1. The maximum Gasteiger partial charge on any atom is 0.271 e. The summed E-state index contributed by atoms with van der Waals surface area (Å²) in [6, 6.07) is 6.19. The number of hydrogen-bond donors (Lipinski definition) is 1. The van der Waals surface area contributed by atoms with Crippen LogP contribution >= 0.6 is 0 Å². The molecule has 0 bridgehead atoms. The van der Waals surface area contributed by atoms with Gasteiger partial charge in [0.1, 0.15) is 11.3 Å². The largest absolute Gasteiger partial charge is 0.348 e. The van der Waals surface area contributed by atoms with Crippen molar-refractivity contribution in [2.45, 2.75) is 45.6 Å². The van der Waals surface area contributed by atoms with Gasteiger partial charge in [-0.1, -0.05) is 25.8 Å². The highest BCUT2D eigenvalue weighted by molar-refractivity contribution is 5.93. The Morgan fingerprint density at radius 2 is 2.15 bits per heavy atom. The van der Waals surface area contributed by atoms with Crippen molar-refractivity contribution in [2.75, 3.05) is 0 Å². The average Bonchev–Trinajstić information content (AvgIpc) is 2.87. The number of imidazole rings is 1. The summed E-state index contributed by atoms with van der Waals surface area (Å²) in [7, 11) is 0. The Morgan fingerprint density at radius 1 is 1.35 bits per heavy atom. The standard InChI is InChI=1S/C16H21N3O/c1-11-6-3-4-8-13(11)18-16(20)14-10-19-12(2)7-5-9-15(19)17-14/h5,7,9-11,13H,3-4,6,8H2,1-2H3,(H,18,20). The predicted molar refractivity (Wildman–Crippen MR) is 78.8 cm³/mol. The van der Waals surface area contributed by atoms with Gasteiger partial charge in [-0.05, 0) is 37.8 Å². The second kappa shape index (κ2) is 5.27. The predicted octanol–water partition coefficient (Wildman–Crippen LogP) is 2.95. The highest BCUT2D eigenvalue weighted by Crippen LogP contribution is 2.24. The lowest BCUT2D eigenvalue weighted by Gasteiger charge is -2.29. The molecule has 1 aliphatic carbocycles. The van der Waals surface area contributed by atoms with Gasteiger partial charge in [-0.3, -0.25) is 4.79 Å². The first-order chi connectivity index (χ1) is 9.65. The Hall–Kier alpha value is -1.84. The van der Waals surface area contributed by atoms with Crippen LogP contribution < -0.4 is 5.32 Å². The van der Waals surface area contributed by atoms with E-state index in [1.165, 1.54) is 19.3 Å². The number of nitrogens with one attached hydrogen (secondary N) is 1. The third-order valence-electron chi connectivity index (χ3n) is 4.36. The summed E-state index contributed by atoms with van der Waals surface area (Å²) < 4.78 is 1.96. The Labute approximate surface area is 119 Å². The zero-order chi connectivity index (χ0) is 14.1. The van der Waals surface area contributed by atoms with Crippen LogP contribution in [0.4, 0.5) is 0 Å². The van der Waals surface area contributed by atoms with Gasteiger partial charge < -0.3 is 9.72 Å². The van der Waals surface area contributed by atoms with E-state index in [-0.39, 0.29) is 5.91 Å². The van der Waals surface area contributed by atoms with Crippen LogP contribution in [0.25, 0.3) is 5.65 Å². The SMILES string of the molecule is Cc1cccc2nc(C(=O)NC3CCCCC3C)cn12. The highest BCUT2D eigenvalue weighted by atomic mass is 16.2. The van der Waals surface area contributed by atoms with Crippen molar-refractivity contribution >= 4 is 11.6 Å². The maximum absolute atomic E-state index is 12.4. The van der Waals surface area contributed by atoms with Gasteiger partial charge in [-0.25, -0.2) is 4.98 Å². The Balaban J connectivity index is 1.80. The molecule has 2 unspecified atom stereocenters. The fraction of sp³-hybridized carbons (Fsp3) is 0.500. The number of carbonyl (C=O) groups is 1. The van der Waals surface area contributed by atoms with Gasteiger partial charge in [0.15, 0.2) is 0 Å². The van der Waals surface area contributed by atoms with Crippen LogP contribution in [0.15, 0.2) is 24.4 Å². The fourth-order valence-corrected chi connectivity index (χ4v) is 3.03. The summed E-state index contributed by atoms with van der Waals surface area (Å²) in [5, 5.41) is 3.15. The van der Waals surface area contributed by atoms with Gasteiger partial charge >= 0.3 is 0 Å². The molecule has 1 aliphatic rings. The molecular formula is C16H21N3O. The van der Waals surface area contributed by atoms with E-state index in [2.05, 4.69) is 17.2 Å². The van der Waals surface area contributed by atoms with Crippen LogP contribution in [-0.4, -0.2) is 21.3 Å². The molecule has 20 heavy (non-hydrogen) atoms. The molecular weight excluding hydrogens is 250 g/mol. The lowest BCUT2D eigenvalue weighted by molar-refractivity contribution is 0.0906. The number of aryl methyl sites for hydroxylation is 1. The number of nitrogens with zero attached hydrogens (tertiary/aromatic N) is 2. The molecule has 1 saturated carbocycles. The van der Waals surface area contributed by atoms with Crippen LogP contribution in [-0.2, 0) is 0 Å². The molecule has 0 aromatic carbocycles. The lowest BCUT2D eigenvalue weighted by atomic mass is 9.86. The van der Waals surface area contributed by atoms with Crippen LogP contribution in [0, 0.1) is 12.8 Å². The molecule has 2 atom stereocenters. The van der Waals surface area contributed by atoms with Crippen LogP contribution in [0.1, 0.15) is 48.8 Å². The van der Waals surface area contributed by atoms with Crippen molar-refractivity contribution in [3.8, 4) is 0 Å². The molecule has 4 nitrogen and oxygen atoms in total. The molecule has 3 rings (SSSR count). The Bertz CT molecular complexity index is 632. The minimum absolute atomic E-state index is 0.0492. The molecule has 1 N–H and O–H groups in total. The summed E-state index contributed by atoms with van der Waals surface area (Å²) in [5.74, 6) is 0.512. The molecule has 2 aromatic heterocycles. The summed E-state index contributed by atoms with van der Waals surface area (Å²) in [6.07, 6.45) is 6.60. The first-order valence-electron chi connectivity index (χ1n) is 7.41. The minimum Gasteiger partial charge on any atom is -0.348 e. The van der Waals surface area contributed by atoms with E-state index in [1.54, 1.807) is 0 Å². The van der Waals surface area contributed by atoms with Crippen molar-refractivity contribution in [3.05, 3.63) is 35.8 Å². The third kappa shape index (κ3) is 2.42. The summed E-state index contributed by atoms with van der Waals surface area (Å²) >= 11 is 0. The van der Waals surface area contributed by atoms with Gasteiger partial charge in [0.05, 0.1) is 0 Å². The zero-order valence-electron chi connectivity index (χ0n) is 12.1. The smallest absolute Gasteiger partial charge is 0.271 e. The van der Waals surface area contributed by atoms with E-state index in [0.29, 0.717) is 17.7 Å². The van der Waals surface area contributed by atoms with Crippen molar-refractivity contribution < 1.29 is 4.79 Å². The first-order valence-corrected chi connectivity index (χ1v) is 7.41. The second-order valence-corrected chi connectivity index (χ2v) is 5.86. The molecule has 0 aliphatic heterocycles. The lowest BCUT2D eigenvalue weighted by Crippen LogP contribution is -2.41. The van der Waals surface area contributed by atoms with E-state index in [0.717, 1.165) is 17.8 Å². The number of rotatable bonds is 2. The van der Waals surface area contributed by atoms with Gasteiger partial charge in [0, 0.05) is 17.9 Å². The Morgan fingerprint density at radius 3 is 2.90 bits per heavy atom. The molecule has 2 aromatic rings. The van der Waals surface area contributed by atoms with Crippen molar-refractivity contribution in [1.29, 1.82) is 0 Å². The van der Waals surface area contributed by atoms with Crippen LogP contribution in [0.5, 0.6) is 0 Å². The molecule has 0 saturated heterocycles. The molecule has 0 radical (unpaired) electrons. The van der Waals surface area contributed by atoms with Crippen LogP contribution in [0.2, 0.25) is 0 Å². The quantitative estimate of drug-likeness (QED) is 0.912. The Kier molecular flexibility index (Phi) is 3.47. The molecule has 106 valence electrons. The van der Waals surface area contributed by atoms with E-state index >= 15 is 0 Å². The summed E-state index contributed by atoms with van der Waals surface area (Å²) in [4.78, 5) is 16.8. The number of fused-ring (bicyclic) bond motifs is 1. The highest BCUT2D eigenvalue weighted by Gasteiger charge is 2.24. The van der Waals surface area contributed by atoms with Crippen molar-refractivity contribution in [3.63, 3.8) is 0 Å². The number of amides is 1. The second-order valence-electron chi connectivity index (χ2n) is 5.86. The van der Waals surface area contributed by atoms with Crippen LogP contribution in [0.3, 0.4) is 0 Å². The number of aromatic nitrogens is 2. The average molecular weight is 271 g/mol. The van der Waals surface area contributed by atoms with E-state index in [9.17, 15) is 4.79 Å². The summed E-state index contributed by atoms with van der Waals surface area (Å²) in [6.45, 7) is 4.23. The third-order valence-corrected chi connectivity index (χ3v) is 4.36. The molecule has 1 amide bonds. The van der Waals surface area contributed by atoms with Gasteiger partial charge in [-0.2, -0.15) is 0 Å². The van der Waals surface area contributed by atoms with E-state index in [4.69, 9.17) is 0 Å². The topological polar surface area (TPSA) is 46.4 Å². The van der Waals surface area contributed by atoms with Gasteiger partial charge in [-0.15, -0.1) is 0 Å². The van der Waals surface area contributed by atoms with Gasteiger partial charge in [0.2, 0.25) is 0 Å². The molecule has 4 heteroatoms. The van der Waals surface area contributed by atoms with Gasteiger partial charge in [0.25, 0.3) is 5.91 Å². The molecule has 2 heterocycles. The van der Waals surface area contributed by atoms with Crippen molar-refractivity contribution in [1.82, 2.24) is 14.7 Å². The fourth-order valence-electron chi connectivity index (χ4n) is 3.03. The maximum atomic E-state index is 12.4. The minimum atomic E-state index is -0.0492. The molecule has 1 fully saturated rings. The zero-order valence-corrected chi connectivity index (χ0v) is 12.1. The van der Waals surface area contributed by atoms with Crippen molar-refractivity contribution in [2.24, 2.45) is 5.92 Å². The molecule has 0 spiro atoms. The van der Waals surface area contributed by atoms with E-state index < -0.39 is 0 Å². The number of pyridine rings is 1. The number of hydrogen-bond acceptors (Lipinski definition) is 2. The first kappa shape index (κ1) is 13.2. The monoisotopic (exact) mass is 271 g/mol. The normalized spacial score (nSPS) is 22.9.